The molecule has 2 unspecified atom stereocenters. The Labute approximate surface area is 233 Å². The van der Waals surface area contributed by atoms with Crippen LogP contribution in [0.4, 0.5) is 8.78 Å². The van der Waals surface area contributed by atoms with Gasteiger partial charge < -0.3 is 9.64 Å². The van der Waals surface area contributed by atoms with Crippen LogP contribution in [0, 0.1) is 24.5 Å². The van der Waals surface area contributed by atoms with E-state index in [1.165, 1.54) is 29.1 Å². The standard InChI is InChI=1S/C29H29F2N5O3S/c1-16-9-11-18(12-10-16)25-20(14-34(3)4)24-27(37)36(23-13-17(2)26(39-5)33-32-23)29(38)35(28(24)40-25)15-19-21(30)7-6-8-22(19)31/h6-13,17,26H,14-15H2,1-5H3. The summed E-state index contributed by atoms with van der Waals surface area (Å²) in [6.45, 7) is 3.80. The van der Waals surface area contributed by atoms with Crippen molar-refractivity contribution >= 4 is 27.4 Å². The van der Waals surface area contributed by atoms with Gasteiger partial charge in [0.25, 0.3) is 5.56 Å². The molecule has 0 amide bonds. The number of thiophene rings is 1. The van der Waals surface area contributed by atoms with Gasteiger partial charge in [-0.25, -0.2) is 18.1 Å². The minimum Gasteiger partial charge on any atom is -0.357 e. The molecule has 3 heterocycles. The highest BCUT2D eigenvalue weighted by Crippen LogP contribution is 2.38. The lowest BCUT2D eigenvalue weighted by atomic mass is 10.1. The minimum atomic E-state index is -0.783. The predicted molar refractivity (Wildman–Crippen MR) is 152 cm³/mol. The molecule has 208 valence electrons. The zero-order valence-corrected chi connectivity index (χ0v) is 23.6. The van der Waals surface area contributed by atoms with Gasteiger partial charge in [0, 0.05) is 30.0 Å². The third-order valence-electron chi connectivity index (χ3n) is 6.85. The van der Waals surface area contributed by atoms with Gasteiger partial charge in [-0.05, 0) is 50.4 Å². The molecule has 0 saturated carbocycles. The monoisotopic (exact) mass is 565 g/mol. The predicted octanol–water partition coefficient (Wildman–Crippen LogP) is 5.46. The van der Waals surface area contributed by atoms with Crippen molar-refractivity contribution in [1.82, 2.24) is 14.0 Å². The average Bonchev–Trinajstić information content (AvgIpc) is 3.27. The molecule has 0 bridgehead atoms. The summed E-state index contributed by atoms with van der Waals surface area (Å²) in [5.74, 6) is -1.80. The molecular weight excluding hydrogens is 536 g/mol. The average molecular weight is 566 g/mol. The molecule has 11 heteroatoms. The number of azo groups is 1. The van der Waals surface area contributed by atoms with Crippen LogP contribution >= 0.6 is 11.3 Å². The molecule has 0 N–H and O–H groups in total. The highest BCUT2D eigenvalue weighted by Gasteiger charge is 2.28. The molecule has 0 aliphatic carbocycles. The van der Waals surface area contributed by atoms with Gasteiger partial charge in [-0.3, -0.25) is 9.36 Å². The number of aromatic nitrogens is 2. The number of benzene rings is 2. The molecule has 0 fully saturated rings. The Morgan fingerprint density at radius 1 is 1.05 bits per heavy atom. The maximum atomic E-state index is 14.8. The van der Waals surface area contributed by atoms with Crippen molar-refractivity contribution < 1.29 is 13.5 Å². The maximum absolute atomic E-state index is 14.8. The number of methoxy groups -OCH3 is 1. The van der Waals surface area contributed by atoms with Crippen LogP contribution in [-0.2, 0) is 17.8 Å². The van der Waals surface area contributed by atoms with Gasteiger partial charge >= 0.3 is 5.69 Å². The largest absolute Gasteiger partial charge is 0.357 e. The van der Waals surface area contributed by atoms with Crippen molar-refractivity contribution in [3.8, 4) is 10.4 Å². The third kappa shape index (κ3) is 4.96. The molecule has 2 aromatic carbocycles. The first kappa shape index (κ1) is 27.8. The number of ether oxygens (including phenoxy) is 1. The topological polar surface area (TPSA) is 81.2 Å². The zero-order valence-electron chi connectivity index (χ0n) is 22.8. The molecule has 0 radical (unpaired) electrons. The van der Waals surface area contributed by atoms with Crippen LogP contribution in [0.2, 0.25) is 0 Å². The van der Waals surface area contributed by atoms with E-state index in [0.29, 0.717) is 22.3 Å². The van der Waals surface area contributed by atoms with E-state index in [0.717, 1.165) is 32.7 Å². The number of halogens is 2. The molecule has 1 aliphatic heterocycles. The molecule has 5 rings (SSSR count). The van der Waals surface area contributed by atoms with Crippen molar-refractivity contribution in [2.24, 2.45) is 16.1 Å². The Bertz CT molecular complexity index is 1750. The third-order valence-corrected chi connectivity index (χ3v) is 8.15. The lowest BCUT2D eigenvalue weighted by Gasteiger charge is -2.20. The van der Waals surface area contributed by atoms with Gasteiger partial charge in [0.15, 0.2) is 12.0 Å². The number of hydrogen-bond acceptors (Lipinski definition) is 7. The number of nitrogens with zero attached hydrogens (tertiary/aromatic N) is 5. The van der Waals surface area contributed by atoms with Gasteiger partial charge in [0.05, 0.1) is 11.9 Å². The smallest absolute Gasteiger partial charge is 0.338 e. The molecule has 2 aromatic heterocycles. The summed E-state index contributed by atoms with van der Waals surface area (Å²) >= 11 is 1.26. The molecule has 8 nitrogen and oxygen atoms in total. The molecule has 0 spiro atoms. The lowest BCUT2D eigenvalue weighted by Crippen LogP contribution is -2.40. The van der Waals surface area contributed by atoms with Crippen LogP contribution in [0.1, 0.15) is 23.6 Å². The van der Waals surface area contributed by atoms with Crippen LogP contribution in [0.3, 0.4) is 0 Å². The minimum absolute atomic E-state index is 0.0411. The highest BCUT2D eigenvalue weighted by atomic mass is 32.1. The molecule has 40 heavy (non-hydrogen) atoms. The van der Waals surface area contributed by atoms with Gasteiger partial charge in [0.2, 0.25) is 0 Å². The second-order valence-electron chi connectivity index (χ2n) is 10.1. The van der Waals surface area contributed by atoms with Crippen molar-refractivity contribution in [3.63, 3.8) is 0 Å². The summed E-state index contributed by atoms with van der Waals surface area (Å²) in [6.07, 6.45) is 1.08. The van der Waals surface area contributed by atoms with Gasteiger partial charge in [-0.15, -0.1) is 16.5 Å². The van der Waals surface area contributed by atoms with Crippen LogP contribution in [0.15, 0.2) is 68.4 Å². The summed E-state index contributed by atoms with van der Waals surface area (Å²) in [5, 5.41) is 8.55. The van der Waals surface area contributed by atoms with E-state index in [1.54, 1.807) is 6.08 Å². The molecule has 4 aromatic rings. The second-order valence-corrected chi connectivity index (χ2v) is 11.1. The Balaban J connectivity index is 1.87. The molecule has 2 atom stereocenters. The number of aryl methyl sites for hydroxylation is 1. The number of fused-ring (bicyclic) bond motifs is 1. The van der Waals surface area contributed by atoms with Gasteiger partial charge in [-0.2, -0.15) is 5.11 Å². The van der Waals surface area contributed by atoms with Crippen LogP contribution in [0.25, 0.3) is 26.5 Å². The maximum Gasteiger partial charge on any atom is 0.338 e. The van der Waals surface area contributed by atoms with Crippen LogP contribution < -0.4 is 11.2 Å². The Morgan fingerprint density at radius 3 is 2.33 bits per heavy atom. The van der Waals surface area contributed by atoms with Crippen molar-refractivity contribution in [1.29, 1.82) is 0 Å². The van der Waals surface area contributed by atoms with Crippen molar-refractivity contribution in [2.75, 3.05) is 21.2 Å². The van der Waals surface area contributed by atoms with E-state index in [4.69, 9.17) is 4.74 Å². The van der Waals surface area contributed by atoms with E-state index >= 15 is 0 Å². The summed E-state index contributed by atoms with van der Waals surface area (Å²) in [5.41, 5.74) is 1.06. The van der Waals surface area contributed by atoms with E-state index < -0.39 is 35.7 Å². The van der Waals surface area contributed by atoms with E-state index in [2.05, 4.69) is 10.2 Å². The van der Waals surface area contributed by atoms with Gasteiger partial charge in [-0.1, -0.05) is 42.8 Å². The quantitative estimate of drug-likeness (QED) is 0.298. The zero-order chi connectivity index (χ0) is 28.7. The van der Waals surface area contributed by atoms with E-state index in [9.17, 15) is 18.4 Å². The van der Waals surface area contributed by atoms with Crippen molar-refractivity contribution in [2.45, 2.75) is 33.2 Å². The summed E-state index contributed by atoms with van der Waals surface area (Å²) in [7, 11) is 5.27. The second kappa shape index (κ2) is 11.0. The first-order valence-electron chi connectivity index (χ1n) is 12.7. The SMILES string of the molecule is COC1N=NC(n2c(=O)c3c(CN(C)C)c(-c4ccc(C)cc4)sc3n(Cc3c(F)cccc3F)c2=O)=CC1C. The lowest BCUT2D eigenvalue weighted by molar-refractivity contribution is 0.0737. The molecular formula is C29H29F2N5O3S. The van der Waals surface area contributed by atoms with Crippen LogP contribution in [0.5, 0.6) is 0 Å². The summed E-state index contributed by atoms with van der Waals surface area (Å²) in [4.78, 5) is 31.2. The first-order valence-corrected chi connectivity index (χ1v) is 13.5. The first-order chi connectivity index (χ1) is 19.1. The fourth-order valence-electron chi connectivity index (χ4n) is 4.81. The summed E-state index contributed by atoms with van der Waals surface area (Å²) < 4.78 is 37.1. The molecule has 1 aliphatic rings. The van der Waals surface area contributed by atoms with Gasteiger partial charge in [0.1, 0.15) is 16.5 Å². The Hall–Kier alpha value is -3.80. The highest BCUT2D eigenvalue weighted by molar-refractivity contribution is 7.22. The Kier molecular flexibility index (Phi) is 7.63. The summed E-state index contributed by atoms with van der Waals surface area (Å²) in [6, 6.07) is 11.4. The fourth-order valence-corrected chi connectivity index (χ4v) is 6.11. The Morgan fingerprint density at radius 2 is 1.73 bits per heavy atom. The van der Waals surface area contributed by atoms with Crippen LogP contribution in [-0.4, -0.2) is 41.5 Å². The number of rotatable bonds is 7. The fraction of sp³-hybridized carbons (Fsp3) is 0.310. The van der Waals surface area contributed by atoms with E-state index in [-0.39, 0.29) is 17.3 Å². The van der Waals surface area contributed by atoms with E-state index in [1.807, 2.05) is 57.1 Å². The number of hydrogen-bond donors (Lipinski definition) is 0. The normalized spacial score (nSPS) is 17.1. The van der Waals surface area contributed by atoms with Crippen molar-refractivity contribution in [3.05, 3.63) is 97.7 Å². The molecule has 0 saturated heterocycles.